The summed E-state index contributed by atoms with van der Waals surface area (Å²) in [6.45, 7) is -0.0852. The molecule has 1 aromatic rings. The van der Waals surface area contributed by atoms with E-state index in [9.17, 15) is 9.59 Å². The molecule has 21 heavy (non-hydrogen) atoms. The molecule has 6 heteroatoms. The van der Waals surface area contributed by atoms with Gasteiger partial charge in [0.15, 0.2) is 0 Å². The molecule has 112 valence electrons. The van der Waals surface area contributed by atoms with Crippen LogP contribution in [0, 0.1) is 5.92 Å². The van der Waals surface area contributed by atoms with Crippen LogP contribution in [0.4, 0.5) is 5.69 Å². The Balaban J connectivity index is 1.77. The molecule has 2 amide bonds. The summed E-state index contributed by atoms with van der Waals surface area (Å²) in [5, 5.41) is 6.10. The number of allylic oxidation sites excluding steroid dienone is 2. The first kappa shape index (κ1) is 15.9. The average Bonchev–Trinajstić information content (AvgIpc) is 2.93. The average molecular weight is 327 g/mol. The van der Waals surface area contributed by atoms with Gasteiger partial charge in [-0.25, -0.2) is 0 Å². The van der Waals surface area contributed by atoms with Crippen LogP contribution in [0.25, 0.3) is 0 Å². The van der Waals surface area contributed by atoms with Gasteiger partial charge in [-0.3, -0.25) is 9.59 Å². The molecule has 0 unspecified atom stereocenters. The van der Waals surface area contributed by atoms with E-state index in [4.69, 9.17) is 23.2 Å². The van der Waals surface area contributed by atoms with Gasteiger partial charge in [0.05, 0.1) is 17.3 Å². The molecule has 2 N–H and O–H groups in total. The molecule has 1 aromatic carbocycles. The van der Waals surface area contributed by atoms with Crippen molar-refractivity contribution in [1.29, 1.82) is 0 Å². The largest absolute Gasteiger partial charge is 0.347 e. The highest BCUT2D eigenvalue weighted by Crippen LogP contribution is 2.25. The summed E-state index contributed by atoms with van der Waals surface area (Å²) in [5.74, 6) is -0.177. The summed E-state index contributed by atoms with van der Waals surface area (Å²) in [6, 6.07) is 4.80. The van der Waals surface area contributed by atoms with Crippen LogP contribution in [0.2, 0.25) is 10.0 Å². The summed E-state index contributed by atoms with van der Waals surface area (Å²) in [4.78, 5) is 23.5. The number of carbonyl (C=O) groups is 2. The van der Waals surface area contributed by atoms with Crippen molar-refractivity contribution in [2.75, 3.05) is 11.9 Å². The van der Waals surface area contributed by atoms with Gasteiger partial charge in [-0.1, -0.05) is 35.4 Å². The van der Waals surface area contributed by atoms with E-state index in [0.717, 1.165) is 12.8 Å². The van der Waals surface area contributed by atoms with Crippen LogP contribution in [0.5, 0.6) is 0 Å². The predicted octanol–water partition coefficient (Wildman–Crippen LogP) is 3.40. The van der Waals surface area contributed by atoms with Crippen molar-refractivity contribution in [3.8, 4) is 0 Å². The van der Waals surface area contributed by atoms with Crippen molar-refractivity contribution in [1.82, 2.24) is 5.32 Å². The highest BCUT2D eigenvalue weighted by molar-refractivity contribution is 6.35. The first-order valence-corrected chi connectivity index (χ1v) is 7.48. The predicted molar refractivity (Wildman–Crippen MR) is 84.6 cm³/mol. The van der Waals surface area contributed by atoms with E-state index in [0.29, 0.717) is 22.2 Å². The lowest BCUT2D eigenvalue weighted by molar-refractivity contribution is -0.124. The topological polar surface area (TPSA) is 58.2 Å². The fourth-order valence-corrected chi connectivity index (χ4v) is 2.48. The van der Waals surface area contributed by atoms with Gasteiger partial charge < -0.3 is 10.6 Å². The summed E-state index contributed by atoms with van der Waals surface area (Å²) >= 11 is 11.8. The minimum absolute atomic E-state index is 0.0852. The summed E-state index contributed by atoms with van der Waals surface area (Å²) in [7, 11) is 0. The Kier molecular flexibility index (Phi) is 5.65. The van der Waals surface area contributed by atoms with Crippen LogP contribution in [0.3, 0.4) is 0 Å². The Bertz CT molecular complexity index is 573. The second kappa shape index (κ2) is 7.48. The Morgan fingerprint density at radius 2 is 2.05 bits per heavy atom. The summed E-state index contributed by atoms with van der Waals surface area (Å²) < 4.78 is 0. The number of nitrogens with one attached hydrogen (secondary N) is 2. The quantitative estimate of drug-likeness (QED) is 0.814. The van der Waals surface area contributed by atoms with Gasteiger partial charge in [0.1, 0.15) is 0 Å². The van der Waals surface area contributed by atoms with Crippen LogP contribution in [-0.2, 0) is 9.59 Å². The van der Waals surface area contributed by atoms with E-state index in [1.54, 1.807) is 18.2 Å². The minimum atomic E-state index is -0.338. The number of hydrogen-bond donors (Lipinski definition) is 2. The fraction of sp³-hybridized carbons (Fsp3) is 0.333. The maximum Gasteiger partial charge on any atom is 0.243 e. The Labute approximate surface area is 133 Å². The van der Waals surface area contributed by atoms with Gasteiger partial charge in [0.2, 0.25) is 11.8 Å². The van der Waals surface area contributed by atoms with E-state index in [2.05, 4.69) is 16.7 Å². The maximum atomic E-state index is 11.8. The molecule has 0 saturated carbocycles. The zero-order valence-corrected chi connectivity index (χ0v) is 12.9. The molecule has 4 nitrogen and oxygen atoms in total. The number of halogens is 2. The molecular weight excluding hydrogens is 311 g/mol. The molecule has 0 fully saturated rings. The number of rotatable bonds is 5. The molecule has 0 saturated heterocycles. The standard InChI is InChI=1S/C15H16Cl2N2O2/c16-11-5-6-12(17)13(8-11)19-15(21)9-18-14(20)7-10-3-1-2-4-10/h1,3,5-6,8,10H,2,4,7,9H2,(H,18,20)(H,19,21)/t10-/m1/s1. The first-order valence-electron chi connectivity index (χ1n) is 6.73. The first-order chi connectivity index (χ1) is 10.0. The van der Waals surface area contributed by atoms with Crippen molar-refractivity contribution < 1.29 is 9.59 Å². The van der Waals surface area contributed by atoms with Gasteiger partial charge in [-0.2, -0.15) is 0 Å². The van der Waals surface area contributed by atoms with E-state index < -0.39 is 0 Å². The van der Waals surface area contributed by atoms with Crippen LogP contribution in [-0.4, -0.2) is 18.4 Å². The van der Waals surface area contributed by atoms with Crippen molar-refractivity contribution in [2.24, 2.45) is 5.92 Å². The molecule has 0 spiro atoms. The number of hydrogen-bond acceptors (Lipinski definition) is 2. The second-order valence-electron chi connectivity index (χ2n) is 4.92. The minimum Gasteiger partial charge on any atom is -0.347 e. The van der Waals surface area contributed by atoms with E-state index >= 15 is 0 Å². The lowest BCUT2D eigenvalue weighted by Crippen LogP contribution is -2.33. The maximum absolute atomic E-state index is 11.8. The van der Waals surface area contributed by atoms with Gasteiger partial charge in [0, 0.05) is 11.4 Å². The molecule has 0 bridgehead atoms. The normalized spacial score (nSPS) is 16.8. The molecule has 0 heterocycles. The molecule has 0 radical (unpaired) electrons. The zero-order chi connectivity index (χ0) is 15.2. The Morgan fingerprint density at radius 3 is 2.76 bits per heavy atom. The Morgan fingerprint density at radius 1 is 1.24 bits per heavy atom. The fourth-order valence-electron chi connectivity index (χ4n) is 2.14. The molecular formula is C15H16Cl2N2O2. The van der Waals surface area contributed by atoms with Crippen molar-refractivity contribution >= 4 is 40.7 Å². The third kappa shape index (κ3) is 5.06. The summed E-state index contributed by atoms with van der Waals surface area (Å²) in [5.41, 5.74) is 0.433. The van der Waals surface area contributed by atoms with Crippen LogP contribution in [0.15, 0.2) is 30.4 Å². The third-order valence-corrected chi connectivity index (χ3v) is 3.77. The lowest BCUT2D eigenvalue weighted by Gasteiger charge is -2.10. The van der Waals surface area contributed by atoms with Crippen molar-refractivity contribution in [3.63, 3.8) is 0 Å². The molecule has 0 aromatic heterocycles. The molecule has 1 atom stereocenters. The molecule has 1 aliphatic carbocycles. The second-order valence-corrected chi connectivity index (χ2v) is 5.76. The van der Waals surface area contributed by atoms with Gasteiger partial charge >= 0.3 is 0 Å². The molecule has 1 aliphatic rings. The van der Waals surface area contributed by atoms with Crippen molar-refractivity contribution in [2.45, 2.75) is 19.3 Å². The van der Waals surface area contributed by atoms with Crippen LogP contribution < -0.4 is 10.6 Å². The molecule has 0 aliphatic heterocycles. The lowest BCUT2D eigenvalue weighted by atomic mass is 10.1. The van der Waals surface area contributed by atoms with Gasteiger partial charge in [0.25, 0.3) is 0 Å². The highest BCUT2D eigenvalue weighted by Gasteiger charge is 2.14. The van der Waals surface area contributed by atoms with Gasteiger partial charge in [-0.05, 0) is 37.0 Å². The number of anilines is 1. The monoisotopic (exact) mass is 326 g/mol. The number of benzene rings is 1. The smallest absolute Gasteiger partial charge is 0.243 e. The van der Waals surface area contributed by atoms with Gasteiger partial charge in [-0.15, -0.1) is 0 Å². The summed E-state index contributed by atoms with van der Waals surface area (Å²) in [6.07, 6.45) is 6.56. The van der Waals surface area contributed by atoms with E-state index in [-0.39, 0.29) is 24.3 Å². The number of amides is 2. The van der Waals surface area contributed by atoms with Crippen molar-refractivity contribution in [3.05, 3.63) is 40.4 Å². The van der Waals surface area contributed by atoms with Crippen LogP contribution in [0.1, 0.15) is 19.3 Å². The Hall–Kier alpha value is -1.52. The highest BCUT2D eigenvalue weighted by atomic mass is 35.5. The van der Waals surface area contributed by atoms with Crippen LogP contribution >= 0.6 is 23.2 Å². The van der Waals surface area contributed by atoms with E-state index in [1.165, 1.54) is 0 Å². The van der Waals surface area contributed by atoms with E-state index in [1.807, 2.05) is 6.08 Å². The third-order valence-electron chi connectivity index (χ3n) is 3.21. The zero-order valence-electron chi connectivity index (χ0n) is 11.4. The SMILES string of the molecule is O=C(C[C@@H]1C=CCC1)NCC(=O)Nc1cc(Cl)ccc1Cl. The number of carbonyl (C=O) groups excluding carboxylic acids is 2. The molecule has 2 rings (SSSR count).